The van der Waals surface area contributed by atoms with E-state index in [-0.39, 0.29) is 5.54 Å². The molecule has 1 aliphatic carbocycles. The Morgan fingerprint density at radius 2 is 1.70 bits per heavy atom. The summed E-state index contributed by atoms with van der Waals surface area (Å²) in [5, 5.41) is 3.74. The Morgan fingerprint density at radius 1 is 1.00 bits per heavy atom. The molecule has 110 valence electrons. The Balaban J connectivity index is 2.06. The molecule has 20 heavy (non-hydrogen) atoms. The Morgan fingerprint density at radius 3 is 2.30 bits per heavy atom. The van der Waals surface area contributed by atoms with Gasteiger partial charge in [0.25, 0.3) is 0 Å². The van der Waals surface area contributed by atoms with Crippen molar-refractivity contribution in [2.45, 2.75) is 44.2 Å². The van der Waals surface area contributed by atoms with E-state index < -0.39 is 0 Å². The molecule has 1 spiro atoms. The molecule has 1 N–H and O–H groups in total. The normalized spacial score (nSPS) is 19.8. The number of hydrogen-bond donors (Lipinski definition) is 1. The van der Waals surface area contributed by atoms with Crippen LogP contribution in [0.1, 0.15) is 36.8 Å². The van der Waals surface area contributed by atoms with E-state index in [0.717, 1.165) is 24.5 Å². The van der Waals surface area contributed by atoms with Crippen molar-refractivity contribution in [3.8, 4) is 17.2 Å². The third-order valence-corrected chi connectivity index (χ3v) is 4.75. The van der Waals surface area contributed by atoms with Crippen LogP contribution in [0.3, 0.4) is 0 Å². The van der Waals surface area contributed by atoms with Crippen molar-refractivity contribution in [1.82, 2.24) is 5.32 Å². The van der Waals surface area contributed by atoms with Crippen LogP contribution in [0, 0.1) is 0 Å². The first-order valence-electron chi connectivity index (χ1n) is 7.29. The van der Waals surface area contributed by atoms with Gasteiger partial charge in [-0.15, -0.1) is 0 Å². The molecule has 0 unspecified atom stereocenters. The van der Waals surface area contributed by atoms with Crippen LogP contribution in [-0.2, 0) is 13.0 Å². The summed E-state index contributed by atoms with van der Waals surface area (Å²) in [5.74, 6) is 2.26. The fourth-order valence-corrected chi connectivity index (χ4v) is 3.73. The maximum atomic E-state index is 5.58. The van der Waals surface area contributed by atoms with Gasteiger partial charge in [-0.1, -0.05) is 12.8 Å². The van der Waals surface area contributed by atoms with Crippen LogP contribution in [0.4, 0.5) is 0 Å². The van der Waals surface area contributed by atoms with E-state index in [0.29, 0.717) is 5.75 Å². The molecule has 1 heterocycles. The molecule has 1 aromatic carbocycles. The highest BCUT2D eigenvalue weighted by Crippen LogP contribution is 2.46. The standard InChI is InChI=1S/C16H23NO3/c1-18-13-8-11-9-16(6-4-5-7-16)17-10-12(11)14(19-2)15(13)20-3/h8,17H,4-7,9-10H2,1-3H3. The van der Waals surface area contributed by atoms with Crippen molar-refractivity contribution in [2.75, 3.05) is 21.3 Å². The second kappa shape index (κ2) is 5.17. The summed E-state index contributed by atoms with van der Waals surface area (Å²) >= 11 is 0. The highest BCUT2D eigenvalue weighted by atomic mass is 16.5. The SMILES string of the molecule is COc1cc2c(c(OC)c1OC)CNC1(CCCC1)C2. The molecule has 0 amide bonds. The zero-order valence-electron chi connectivity index (χ0n) is 12.5. The number of fused-ring (bicyclic) bond motifs is 1. The molecule has 1 aromatic rings. The molecule has 0 saturated heterocycles. The first-order valence-corrected chi connectivity index (χ1v) is 7.29. The largest absolute Gasteiger partial charge is 0.493 e. The van der Waals surface area contributed by atoms with E-state index >= 15 is 0 Å². The summed E-state index contributed by atoms with van der Waals surface area (Å²) in [4.78, 5) is 0. The lowest BCUT2D eigenvalue weighted by Crippen LogP contribution is -2.47. The Hall–Kier alpha value is -1.42. The molecule has 2 aliphatic rings. The van der Waals surface area contributed by atoms with Crippen molar-refractivity contribution in [3.63, 3.8) is 0 Å². The minimum Gasteiger partial charge on any atom is -0.493 e. The molecule has 4 nitrogen and oxygen atoms in total. The maximum Gasteiger partial charge on any atom is 0.203 e. The van der Waals surface area contributed by atoms with Crippen molar-refractivity contribution in [3.05, 3.63) is 17.2 Å². The van der Waals surface area contributed by atoms with Gasteiger partial charge >= 0.3 is 0 Å². The summed E-state index contributed by atoms with van der Waals surface area (Å²) in [6.45, 7) is 0.846. The van der Waals surface area contributed by atoms with Gasteiger partial charge in [0.15, 0.2) is 11.5 Å². The van der Waals surface area contributed by atoms with Crippen LogP contribution in [0.15, 0.2) is 6.07 Å². The lowest BCUT2D eigenvalue weighted by Gasteiger charge is -2.37. The highest BCUT2D eigenvalue weighted by Gasteiger charge is 2.38. The molecule has 0 aromatic heterocycles. The average molecular weight is 277 g/mol. The fourth-order valence-electron chi connectivity index (χ4n) is 3.73. The van der Waals surface area contributed by atoms with Gasteiger partial charge in [-0.2, -0.15) is 0 Å². The summed E-state index contributed by atoms with van der Waals surface area (Å²) in [7, 11) is 5.02. The van der Waals surface area contributed by atoms with Crippen molar-refractivity contribution in [1.29, 1.82) is 0 Å². The predicted molar refractivity (Wildman–Crippen MR) is 77.8 cm³/mol. The second-order valence-corrected chi connectivity index (χ2v) is 5.80. The number of hydrogen-bond acceptors (Lipinski definition) is 4. The molecular weight excluding hydrogens is 254 g/mol. The zero-order valence-corrected chi connectivity index (χ0v) is 12.5. The zero-order chi connectivity index (χ0) is 14.2. The van der Waals surface area contributed by atoms with Crippen molar-refractivity contribution >= 4 is 0 Å². The summed E-state index contributed by atoms with van der Waals surface area (Å²) in [6.07, 6.45) is 6.24. The van der Waals surface area contributed by atoms with Gasteiger partial charge in [0.1, 0.15) is 0 Å². The number of ether oxygens (including phenoxy) is 3. The van der Waals surface area contributed by atoms with E-state index in [1.807, 2.05) is 0 Å². The first-order chi connectivity index (χ1) is 9.73. The molecule has 3 rings (SSSR count). The molecule has 1 aliphatic heterocycles. The molecule has 1 saturated carbocycles. The van der Waals surface area contributed by atoms with E-state index in [4.69, 9.17) is 14.2 Å². The van der Waals surface area contributed by atoms with Gasteiger partial charge in [-0.25, -0.2) is 0 Å². The third-order valence-electron chi connectivity index (χ3n) is 4.75. The van der Waals surface area contributed by atoms with Gasteiger partial charge in [0, 0.05) is 17.6 Å². The minimum absolute atomic E-state index is 0.289. The maximum absolute atomic E-state index is 5.58. The Kier molecular flexibility index (Phi) is 3.50. The summed E-state index contributed by atoms with van der Waals surface area (Å²) < 4.78 is 16.5. The molecule has 0 atom stereocenters. The molecule has 1 fully saturated rings. The number of rotatable bonds is 3. The minimum atomic E-state index is 0.289. The smallest absolute Gasteiger partial charge is 0.203 e. The van der Waals surface area contributed by atoms with Gasteiger partial charge in [0.2, 0.25) is 5.75 Å². The Labute approximate surface area is 120 Å². The average Bonchev–Trinajstić information content (AvgIpc) is 2.92. The van der Waals surface area contributed by atoms with E-state index in [2.05, 4.69) is 11.4 Å². The van der Waals surface area contributed by atoms with Crippen LogP contribution in [0.25, 0.3) is 0 Å². The van der Waals surface area contributed by atoms with Crippen LogP contribution in [-0.4, -0.2) is 26.9 Å². The number of methoxy groups -OCH3 is 3. The molecule has 0 bridgehead atoms. The quantitative estimate of drug-likeness (QED) is 0.922. The van der Waals surface area contributed by atoms with Crippen molar-refractivity contribution in [2.24, 2.45) is 0 Å². The lowest BCUT2D eigenvalue weighted by molar-refractivity contribution is 0.289. The topological polar surface area (TPSA) is 39.7 Å². The third kappa shape index (κ3) is 2.03. The van der Waals surface area contributed by atoms with Crippen LogP contribution < -0.4 is 19.5 Å². The monoisotopic (exact) mass is 277 g/mol. The lowest BCUT2D eigenvalue weighted by atomic mass is 9.83. The van der Waals surface area contributed by atoms with Crippen LogP contribution in [0.5, 0.6) is 17.2 Å². The highest BCUT2D eigenvalue weighted by molar-refractivity contribution is 5.60. The van der Waals surface area contributed by atoms with Crippen molar-refractivity contribution < 1.29 is 14.2 Å². The fraction of sp³-hybridized carbons (Fsp3) is 0.625. The van der Waals surface area contributed by atoms with Crippen LogP contribution in [0.2, 0.25) is 0 Å². The second-order valence-electron chi connectivity index (χ2n) is 5.80. The molecule has 0 radical (unpaired) electrons. The van der Waals surface area contributed by atoms with Crippen LogP contribution >= 0.6 is 0 Å². The molecular formula is C16H23NO3. The van der Waals surface area contributed by atoms with E-state index in [9.17, 15) is 0 Å². The molecule has 4 heteroatoms. The summed E-state index contributed by atoms with van der Waals surface area (Å²) in [6, 6.07) is 2.12. The number of nitrogens with one attached hydrogen (secondary N) is 1. The van der Waals surface area contributed by atoms with E-state index in [1.54, 1.807) is 21.3 Å². The van der Waals surface area contributed by atoms with Gasteiger partial charge in [-0.05, 0) is 30.9 Å². The Bertz CT molecular complexity index is 507. The van der Waals surface area contributed by atoms with E-state index in [1.165, 1.54) is 36.8 Å². The number of benzene rings is 1. The predicted octanol–water partition coefficient (Wildman–Crippen LogP) is 2.67. The van der Waals surface area contributed by atoms with Gasteiger partial charge in [0.05, 0.1) is 21.3 Å². The summed E-state index contributed by atoms with van der Waals surface area (Å²) in [5.41, 5.74) is 2.83. The van der Waals surface area contributed by atoms with Gasteiger partial charge in [-0.3, -0.25) is 0 Å². The van der Waals surface area contributed by atoms with Gasteiger partial charge < -0.3 is 19.5 Å². The first kappa shape index (κ1) is 13.6.